The van der Waals surface area contributed by atoms with Crippen LogP contribution in [0.3, 0.4) is 0 Å². The number of carbonyl (C=O) groups excluding carboxylic acids is 2. The maximum atomic E-state index is 13.1. The highest BCUT2D eigenvalue weighted by molar-refractivity contribution is 5.97. The summed E-state index contributed by atoms with van der Waals surface area (Å²) in [4.78, 5) is 29.7. The summed E-state index contributed by atoms with van der Waals surface area (Å²) in [6, 6.07) is 11.0. The van der Waals surface area contributed by atoms with Gasteiger partial charge in [-0.1, -0.05) is 12.1 Å². The summed E-state index contributed by atoms with van der Waals surface area (Å²) in [5.74, 6) is 1.44. The number of likely N-dealkylation sites (tertiary alicyclic amines) is 2. The van der Waals surface area contributed by atoms with Crippen LogP contribution in [0.5, 0.6) is 5.75 Å². The van der Waals surface area contributed by atoms with Gasteiger partial charge in [0.2, 0.25) is 5.91 Å². The summed E-state index contributed by atoms with van der Waals surface area (Å²) in [6.07, 6.45) is -3.95. The lowest BCUT2D eigenvalue weighted by atomic mass is 9.60. The Balaban J connectivity index is 0.00000280. The van der Waals surface area contributed by atoms with Crippen LogP contribution in [-0.4, -0.2) is 69.6 Å². The lowest BCUT2D eigenvalue weighted by Gasteiger charge is -2.42. The molecule has 1 N–H and O–H groups in total. The van der Waals surface area contributed by atoms with Crippen molar-refractivity contribution in [1.29, 1.82) is 0 Å². The van der Waals surface area contributed by atoms with E-state index in [2.05, 4.69) is 20.1 Å². The standard InChI is InChI=1S/C25H24F3N5O3.H2/c26-25(27,28)36-16-5-1-14(2-6-16)3-8-23(34)32-10-17-18(11-32)20-13-33(12-19(17)20)24(35)15-4-7-21-22(9-15)30-31-29-21;/h1-2,4-7,9,17-20H,3,8,10-13H2,(H,29,30,31);1H/t17-,18?,19+,20-;/m1./s1. The van der Waals surface area contributed by atoms with Crippen LogP contribution in [0.15, 0.2) is 42.5 Å². The van der Waals surface area contributed by atoms with Crippen molar-refractivity contribution in [3.05, 3.63) is 53.6 Å². The average molecular weight is 502 g/mol. The van der Waals surface area contributed by atoms with Gasteiger partial charge in [-0.25, -0.2) is 0 Å². The van der Waals surface area contributed by atoms with E-state index >= 15 is 0 Å². The van der Waals surface area contributed by atoms with Crippen molar-refractivity contribution in [3.8, 4) is 5.75 Å². The highest BCUT2D eigenvalue weighted by Crippen LogP contribution is 2.54. The highest BCUT2D eigenvalue weighted by Gasteiger charge is 2.59. The molecule has 3 aliphatic rings. The van der Waals surface area contributed by atoms with Crippen LogP contribution in [0.25, 0.3) is 11.0 Å². The van der Waals surface area contributed by atoms with E-state index in [4.69, 9.17) is 0 Å². The molecule has 3 aromatic rings. The molecule has 1 unspecified atom stereocenters. The molecule has 36 heavy (non-hydrogen) atoms. The number of fused-ring (bicyclic) bond motifs is 5. The first kappa shape index (κ1) is 22.8. The number of carbonyl (C=O) groups is 2. The first-order valence-corrected chi connectivity index (χ1v) is 12.0. The van der Waals surface area contributed by atoms with E-state index in [1.165, 1.54) is 12.1 Å². The number of aromatic nitrogens is 3. The molecule has 2 aromatic carbocycles. The Bertz CT molecular complexity index is 1290. The summed E-state index contributed by atoms with van der Waals surface area (Å²) in [6.45, 7) is 2.82. The fourth-order valence-corrected chi connectivity index (χ4v) is 6.17. The third-order valence-electron chi connectivity index (χ3n) is 7.91. The zero-order valence-electron chi connectivity index (χ0n) is 19.2. The van der Waals surface area contributed by atoms with E-state index in [9.17, 15) is 22.8 Å². The van der Waals surface area contributed by atoms with Gasteiger partial charge in [-0.05, 0) is 66.0 Å². The molecule has 0 spiro atoms. The third-order valence-corrected chi connectivity index (χ3v) is 7.91. The zero-order valence-corrected chi connectivity index (χ0v) is 19.2. The summed E-state index contributed by atoms with van der Waals surface area (Å²) in [7, 11) is 0. The van der Waals surface area contributed by atoms with Gasteiger partial charge in [0.1, 0.15) is 16.8 Å². The van der Waals surface area contributed by atoms with Crippen molar-refractivity contribution in [3.63, 3.8) is 0 Å². The van der Waals surface area contributed by atoms with Crippen LogP contribution in [0.4, 0.5) is 13.2 Å². The molecule has 0 radical (unpaired) electrons. The molecule has 0 bridgehead atoms. The molecule has 3 heterocycles. The van der Waals surface area contributed by atoms with Gasteiger partial charge in [0.15, 0.2) is 0 Å². The minimum Gasteiger partial charge on any atom is -0.406 e. The molecule has 1 saturated carbocycles. The monoisotopic (exact) mass is 501 g/mol. The Morgan fingerprint density at radius 2 is 1.53 bits per heavy atom. The van der Waals surface area contributed by atoms with Crippen LogP contribution in [0.1, 0.15) is 23.8 Å². The number of amides is 2. The summed E-state index contributed by atoms with van der Waals surface area (Å²) in [5, 5.41) is 10.6. The van der Waals surface area contributed by atoms with Crippen LogP contribution < -0.4 is 4.74 Å². The number of aromatic amines is 1. The van der Waals surface area contributed by atoms with E-state index in [-0.39, 0.29) is 19.0 Å². The number of halogens is 3. The summed E-state index contributed by atoms with van der Waals surface area (Å²) >= 11 is 0. The lowest BCUT2D eigenvalue weighted by molar-refractivity contribution is -0.274. The Kier molecular flexibility index (Phi) is 5.38. The fraction of sp³-hybridized carbons (Fsp3) is 0.440. The minimum atomic E-state index is -4.72. The molecule has 1 aliphatic carbocycles. The number of rotatable bonds is 5. The SMILES string of the molecule is O=C(CCc1ccc(OC(F)(F)F)cc1)N1CC2[C@@H](C1)[C@@H]1CN(C(=O)c3ccc4n[nH]nc4c3)C[C@H]21.[HH]. The van der Waals surface area contributed by atoms with Crippen LogP contribution in [0, 0.1) is 23.7 Å². The smallest absolute Gasteiger partial charge is 0.406 e. The van der Waals surface area contributed by atoms with E-state index in [1.54, 1.807) is 30.3 Å². The molecule has 2 amide bonds. The largest absolute Gasteiger partial charge is 0.573 e. The summed E-state index contributed by atoms with van der Waals surface area (Å²) in [5.41, 5.74) is 2.78. The third kappa shape index (κ3) is 4.16. The number of H-pyrrole nitrogens is 1. The van der Waals surface area contributed by atoms with Crippen molar-refractivity contribution >= 4 is 22.8 Å². The van der Waals surface area contributed by atoms with Gasteiger partial charge in [-0.15, -0.1) is 13.2 Å². The number of ether oxygens (including phenoxy) is 1. The van der Waals surface area contributed by atoms with E-state index in [1.807, 2.05) is 9.80 Å². The van der Waals surface area contributed by atoms with Crippen LogP contribution >= 0.6 is 0 Å². The van der Waals surface area contributed by atoms with Gasteiger partial charge >= 0.3 is 6.36 Å². The lowest BCUT2D eigenvalue weighted by Crippen LogP contribution is -2.44. The van der Waals surface area contributed by atoms with Crippen molar-refractivity contribution in [1.82, 2.24) is 25.2 Å². The van der Waals surface area contributed by atoms with Crippen molar-refractivity contribution in [2.24, 2.45) is 23.7 Å². The first-order valence-electron chi connectivity index (χ1n) is 12.0. The highest BCUT2D eigenvalue weighted by atomic mass is 19.4. The zero-order chi connectivity index (χ0) is 25.0. The van der Waals surface area contributed by atoms with Crippen molar-refractivity contribution in [2.75, 3.05) is 26.2 Å². The summed E-state index contributed by atoms with van der Waals surface area (Å²) < 4.78 is 40.8. The molecule has 3 fully saturated rings. The Hall–Kier alpha value is -3.63. The number of hydrogen-bond acceptors (Lipinski definition) is 5. The van der Waals surface area contributed by atoms with Gasteiger partial charge in [0, 0.05) is 39.6 Å². The van der Waals surface area contributed by atoms with Gasteiger partial charge in [0.25, 0.3) is 5.91 Å². The Labute approximate surface area is 205 Å². The quantitative estimate of drug-likeness (QED) is 0.578. The Morgan fingerprint density at radius 3 is 2.17 bits per heavy atom. The molecule has 8 nitrogen and oxygen atoms in total. The first-order chi connectivity index (χ1) is 17.2. The second-order valence-electron chi connectivity index (χ2n) is 9.88. The average Bonchev–Trinajstić information content (AvgIpc) is 3.56. The second kappa shape index (κ2) is 8.49. The number of nitrogens with zero attached hydrogens (tertiary/aromatic N) is 4. The van der Waals surface area contributed by atoms with E-state index in [0.717, 1.165) is 11.1 Å². The maximum absolute atomic E-state index is 13.1. The minimum absolute atomic E-state index is 0. The molecule has 2 aliphatic heterocycles. The fourth-order valence-electron chi connectivity index (χ4n) is 6.17. The predicted molar refractivity (Wildman–Crippen MR) is 124 cm³/mol. The van der Waals surface area contributed by atoms with Crippen LogP contribution in [-0.2, 0) is 11.2 Å². The van der Waals surface area contributed by atoms with E-state index < -0.39 is 6.36 Å². The van der Waals surface area contributed by atoms with Crippen molar-refractivity contribution in [2.45, 2.75) is 19.2 Å². The molecule has 11 heteroatoms. The van der Waals surface area contributed by atoms with E-state index in [0.29, 0.717) is 73.8 Å². The normalized spacial score (nSPS) is 25.0. The topological polar surface area (TPSA) is 91.4 Å². The molecule has 6 rings (SSSR count). The van der Waals surface area contributed by atoms with Gasteiger partial charge in [-0.3, -0.25) is 9.59 Å². The van der Waals surface area contributed by atoms with Gasteiger partial charge < -0.3 is 14.5 Å². The van der Waals surface area contributed by atoms with Gasteiger partial charge in [-0.2, -0.15) is 15.4 Å². The van der Waals surface area contributed by atoms with Crippen molar-refractivity contribution < 1.29 is 28.9 Å². The Morgan fingerprint density at radius 1 is 0.917 bits per heavy atom. The molecule has 190 valence electrons. The number of benzene rings is 2. The number of aryl methyl sites for hydroxylation is 1. The molecule has 1 aromatic heterocycles. The van der Waals surface area contributed by atoms with Gasteiger partial charge in [0.05, 0.1) is 0 Å². The predicted octanol–water partition coefficient (Wildman–Crippen LogP) is 3.51. The maximum Gasteiger partial charge on any atom is 0.573 e. The number of nitrogens with one attached hydrogen (secondary N) is 1. The molecular formula is C25H26F3N5O3. The number of hydrogen-bond donors (Lipinski definition) is 1. The molecule has 2 saturated heterocycles. The molecular weight excluding hydrogens is 475 g/mol. The second-order valence-corrected chi connectivity index (χ2v) is 9.88. The molecule has 4 atom stereocenters. The van der Waals surface area contributed by atoms with Crippen LogP contribution in [0.2, 0.25) is 0 Å². The number of alkyl halides is 3.